The van der Waals surface area contributed by atoms with E-state index in [1.54, 1.807) is 48.5 Å². The molecular formula is C27H28O6. The fourth-order valence-electron chi connectivity index (χ4n) is 3.61. The summed E-state index contributed by atoms with van der Waals surface area (Å²) in [5, 5.41) is 21.4. The molecule has 33 heavy (non-hydrogen) atoms. The van der Waals surface area contributed by atoms with E-state index >= 15 is 0 Å². The lowest BCUT2D eigenvalue weighted by Crippen LogP contribution is -2.25. The maximum absolute atomic E-state index is 12.3. The summed E-state index contributed by atoms with van der Waals surface area (Å²) in [6.07, 6.45) is 3.77. The highest BCUT2D eigenvalue weighted by Gasteiger charge is 2.21. The summed E-state index contributed by atoms with van der Waals surface area (Å²) < 4.78 is 12.2. The zero-order valence-corrected chi connectivity index (χ0v) is 18.8. The Hall–Kier alpha value is -3.80. The second kappa shape index (κ2) is 10.7. The number of carboxylic acid groups (broad SMARTS) is 1. The van der Waals surface area contributed by atoms with Gasteiger partial charge in [0.1, 0.15) is 22.8 Å². The molecule has 3 rings (SSSR count). The topological polar surface area (TPSA) is 93.1 Å². The standard InChI is InChI=1S/C27H28O6/c1-4-6-8-24(33-23-14-12-18(7-5-2)26(29)25(23)17(3)28)32-22-13-11-19-15-21(27(30)31)10-9-20(19)16-22/h5,9-16,24,29H,2,4,6-8H2,1,3H3,(H,30,31). The summed E-state index contributed by atoms with van der Waals surface area (Å²) in [5.41, 5.74) is 0.944. The highest BCUT2D eigenvalue weighted by Crippen LogP contribution is 2.34. The Balaban J connectivity index is 1.89. The van der Waals surface area contributed by atoms with Gasteiger partial charge in [0, 0.05) is 6.42 Å². The van der Waals surface area contributed by atoms with Crippen LogP contribution in [-0.2, 0) is 6.42 Å². The Morgan fingerprint density at radius 2 is 1.79 bits per heavy atom. The molecule has 0 saturated heterocycles. The number of unbranched alkanes of at least 4 members (excludes halogenated alkanes) is 1. The molecule has 172 valence electrons. The second-order valence-electron chi connectivity index (χ2n) is 7.83. The third kappa shape index (κ3) is 5.71. The number of ketones is 1. The van der Waals surface area contributed by atoms with Gasteiger partial charge in [0.05, 0.1) is 5.56 Å². The fourth-order valence-corrected chi connectivity index (χ4v) is 3.61. The van der Waals surface area contributed by atoms with E-state index in [0.717, 1.165) is 23.6 Å². The Kier molecular flexibility index (Phi) is 7.72. The Labute approximate surface area is 193 Å². The molecule has 1 atom stereocenters. The number of benzene rings is 3. The number of Topliss-reactive ketones (excluding diaryl/α,β-unsaturated/α-hetero) is 1. The minimum atomic E-state index is -0.978. The van der Waals surface area contributed by atoms with E-state index in [1.807, 2.05) is 6.07 Å². The summed E-state index contributed by atoms with van der Waals surface area (Å²) in [5.74, 6) is -0.560. The maximum Gasteiger partial charge on any atom is 0.335 e. The predicted molar refractivity (Wildman–Crippen MR) is 127 cm³/mol. The van der Waals surface area contributed by atoms with Crippen LogP contribution in [0.25, 0.3) is 10.8 Å². The second-order valence-corrected chi connectivity index (χ2v) is 7.83. The summed E-state index contributed by atoms with van der Waals surface area (Å²) in [4.78, 5) is 23.5. The van der Waals surface area contributed by atoms with Crippen molar-refractivity contribution in [3.8, 4) is 17.2 Å². The molecule has 6 nitrogen and oxygen atoms in total. The number of aromatic hydroxyl groups is 1. The molecule has 0 fully saturated rings. The monoisotopic (exact) mass is 448 g/mol. The predicted octanol–water partition coefficient (Wildman–Crippen LogP) is 6.15. The molecule has 0 heterocycles. The van der Waals surface area contributed by atoms with Gasteiger partial charge in [-0.2, -0.15) is 0 Å². The van der Waals surface area contributed by atoms with Gasteiger partial charge >= 0.3 is 5.97 Å². The number of carbonyl (C=O) groups excluding carboxylic acids is 1. The highest BCUT2D eigenvalue weighted by atomic mass is 16.7. The van der Waals surface area contributed by atoms with Crippen molar-refractivity contribution in [1.29, 1.82) is 0 Å². The Bertz CT molecular complexity index is 1180. The number of hydrogen-bond acceptors (Lipinski definition) is 5. The minimum Gasteiger partial charge on any atom is -0.507 e. The number of aromatic carboxylic acids is 1. The van der Waals surface area contributed by atoms with E-state index in [9.17, 15) is 19.8 Å². The quantitative estimate of drug-likeness (QED) is 0.208. The molecule has 1 unspecified atom stereocenters. The van der Waals surface area contributed by atoms with Gasteiger partial charge in [-0.1, -0.05) is 37.6 Å². The lowest BCUT2D eigenvalue weighted by molar-refractivity contribution is -0.00261. The van der Waals surface area contributed by atoms with Gasteiger partial charge in [0.15, 0.2) is 5.78 Å². The first kappa shape index (κ1) is 23.9. The summed E-state index contributed by atoms with van der Waals surface area (Å²) in [6.45, 7) is 7.13. The van der Waals surface area contributed by atoms with Gasteiger partial charge in [0.25, 0.3) is 0 Å². The van der Waals surface area contributed by atoms with Crippen LogP contribution in [0.1, 0.15) is 59.4 Å². The molecule has 0 aliphatic heterocycles. The van der Waals surface area contributed by atoms with Crippen molar-refractivity contribution >= 4 is 22.5 Å². The van der Waals surface area contributed by atoms with Crippen molar-refractivity contribution in [1.82, 2.24) is 0 Å². The van der Waals surface area contributed by atoms with E-state index in [-0.39, 0.29) is 28.4 Å². The van der Waals surface area contributed by atoms with E-state index in [2.05, 4.69) is 13.5 Å². The number of hydrogen-bond donors (Lipinski definition) is 2. The molecule has 0 saturated carbocycles. The van der Waals surface area contributed by atoms with E-state index in [4.69, 9.17) is 9.47 Å². The first-order chi connectivity index (χ1) is 15.8. The molecular weight excluding hydrogens is 420 g/mol. The molecule has 0 aliphatic carbocycles. The maximum atomic E-state index is 12.3. The number of allylic oxidation sites excluding steroid dienone is 1. The van der Waals surface area contributed by atoms with Crippen molar-refractivity contribution in [3.63, 3.8) is 0 Å². The van der Waals surface area contributed by atoms with Crippen LogP contribution >= 0.6 is 0 Å². The highest BCUT2D eigenvalue weighted by molar-refractivity contribution is 6.00. The number of phenolic OH excluding ortho intramolecular Hbond substituents is 1. The first-order valence-electron chi connectivity index (χ1n) is 10.9. The van der Waals surface area contributed by atoms with Crippen molar-refractivity contribution in [2.45, 2.75) is 45.8 Å². The van der Waals surface area contributed by atoms with E-state index in [1.165, 1.54) is 6.92 Å². The minimum absolute atomic E-state index is 0.103. The Morgan fingerprint density at radius 1 is 1.06 bits per heavy atom. The van der Waals surface area contributed by atoms with Gasteiger partial charge in [-0.15, -0.1) is 6.58 Å². The largest absolute Gasteiger partial charge is 0.507 e. The van der Waals surface area contributed by atoms with Crippen LogP contribution in [0.3, 0.4) is 0 Å². The van der Waals surface area contributed by atoms with Gasteiger partial charge in [-0.3, -0.25) is 4.79 Å². The SMILES string of the molecule is C=CCc1ccc(OC(CCCC)Oc2ccc3cc(C(=O)O)ccc3c2)c(C(C)=O)c1O. The van der Waals surface area contributed by atoms with Gasteiger partial charge in [0.2, 0.25) is 6.29 Å². The number of rotatable bonds is 11. The molecule has 6 heteroatoms. The molecule has 0 aliphatic rings. The van der Waals surface area contributed by atoms with Gasteiger partial charge in [-0.25, -0.2) is 4.79 Å². The molecule has 0 radical (unpaired) electrons. The molecule has 2 N–H and O–H groups in total. The Morgan fingerprint density at radius 3 is 2.45 bits per heavy atom. The number of phenols is 1. The van der Waals surface area contributed by atoms with E-state index < -0.39 is 12.3 Å². The number of ether oxygens (including phenoxy) is 2. The molecule has 0 amide bonds. The smallest absolute Gasteiger partial charge is 0.335 e. The fraction of sp³-hybridized carbons (Fsp3) is 0.259. The average molecular weight is 449 g/mol. The van der Waals surface area contributed by atoms with Crippen molar-refractivity contribution in [2.24, 2.45) is 0 Å². The van der Waals surface area contributed by atoms with Gasteiger partial charge < -0.3 is 19.7 Å². The molecule has 0 spiro atoms. The summed E-state index contributed by atoms with van der Waals surface area (Å²) in [6, 6.07) is 13.7. The van der Waals surface area contributed by atoms with E-state index in [0.29, 0.717) is 24.2 Å². The molecule has 0 aromatic heterocycles. The van der Waals surface area contributed by atoms with Crippen molar-refractivity contribution < 1.29 is 29.3 Å². The zero-order chi connectivity index (χ0) is 24.0. The lowest BCUT2D eigenvalue weighted by Gasteiger charge is -2.22. The van der Waals surface area contributed by atoms with Crippen molar-refractivity contribution in [2.75, 3.05) is 0 Å². The third-order valence-electron chi connectivity index (χ3n) is 5.32. The average Bonchev–Trinajstić information content (AvgIpc) is 2.78. The van der Waals surface area contributed by atoms with Crippen molar-refractivity contribution in [3.05, 3.63) is 77.9 Å². The van der Waals surface area contributed by atoms with Crippen LogP contribution < -0.4 is 9.47 Å². The summed E-state index contributed by atoms with van der Waals surface area (Å²) >= 11 is 0. The lowest BCUT2D eigenvalue weighted by atomic mass is 10.0. The first-order valence-corrected chi connectivity index (χ1v) is 10.9. The van der Waals surface area contributed by atoms with Crippen LogP contribution in [-0.4, -0.2) is 28.3 Å². The molecule has 3 aromatic carbocycles. The zero-order valence-electron chi connectivity index (χ0n) is 18.8. The number of carbonyl (C=O) groups is 2. The third-order valence-corrected chi connectivity index (χ3v) is 5.32. The molecule has 3 aromatic rings. The van der Waals surface area contributed by atoms with Crippen LogP contribution in [0.5, 0.6) is 17.2 Å². The van der Waals surface area contributed by atoms with Crippen LogP contribution in [0, 0.1) is 0 Å². The van der Waals surface area contributed by atoms with Crippen LogP contribution in [0.4, 0.5) is 0 Å². The normalized spacial score (nSPS) is 11.7. The summed E-state index contributed by atoms with van der Waals surface area (Å²) in [7, 11) is 0. The number of fused-ring (bicyclic) bond motifs is 1. The number of carboxylic acids is 1. The van der Waals surface area contributed by atoms with Crippen LogP contribution in [0.2, 0.25) is 0 Å². The molecule has 0 bridgehead atoms. The van der Waals surface area contributed by atoms with Crippen LogP contribution in [0.15, 0.2) is 61.2 Å². The van der Waals surface area contributed by atoms with Gasteiger partial charge in [-0.05, 0) is 66.4 Å².